The van der Waals surface area contributed by atoms with Crippen LogP contribution in [0.5, 0.6) is 0 Å². The number of rotatable bonds is 0. The molecule has 0 aliphatic rings. The average molecular weight is 294 g/mol. The summed E-state index contributed by atoms with van der Waals surface area (Å²) < 4.78 is 3.11. The minimum Gasteiger partial charge on any atom is -0.239 e. The molecule has 0 bridgehead atoms. The van der Waals surface area contributed by atoms with E-state index in [0.29, 0.717) is 0 Å². The van der Waals surface area contributed by atoms with Gasteiger partial charge in [-0.2, -0.15) is 5.10 Å². The molecule has 0 saturated carbocycles. The second-order valence-electron chi connectivity index (χ2n) is 3.19. The van der Waals surface area contributed by atoms with E-state index < -0.39 is 0 Å². The molecule has 14 heavy (non-hydrogen) atoms. The van der Waals surface area contributed by atoms with Gasteiger partial charge in [0.2, 0.25) is 0 Å². The van der Waals surface area contributed by atoms with Crippen molar-refractivity contribution in [2.24, 2.45) is 0 Å². The van der Waals surface area contributed by atoms with E-state index in [0.717, 1.165) is 0 Å². The summed E-state index contributed by atoms with van der Waals surface area (Å²) in [5.74, 6) is 0. The van der Waals surface area contributed by atoms with E-state index in [9.17, 15) is 0 Å². The van der Waals surface area contributed by atoms with Crippen LogP contribution in [0.25, 0.3) is 16.3 Å². The van der Waals surface area contributed by atoms with E-state index in [1.807, 2.05) is 16.9 Å². The Balaban J connectivity index is 2.65. The zero-order chi connectivity index (χ0) is 9.54. The summed E-state index contributed by atoms with van der Waals surface area (Å²) in [7, 11) is 0. The first-order valence-electron chi connectivity index (χ1n) is 4.37. The molecule has 2 aromatic heterocycles. The molecule has 2 heterocycles. The predicted octanol–water partition coefficient (Wildman–Crippen LogP) is 3.09. The van der Waals surface area contributed by atoms with Crippen molar-refractivity contribution in [1.82, 2.24) is 9.61 Å². The summed E-state index contributed by atoms with van der Waals surface area (Å²) in [4.78, 5) is 0. The lowest BCUT2D eigenvalue weighted by Gasteiger charge is -2.00. The third kappa shape index (κ3) is 1.05. The van der Waals surface area contributed by atoms with Gasteiger partial charge in [-0.15, -0.1) is 0 Å². The molecule has 1 aromatic carbocycles. The molecular formula is C11H7IN2. The van der Waals surface area contributed by atoms with E-state index in [2.05, 4.69) is 58.0 Å². The maximum atomic E-state index is 4.28. The Morgan fingerprint density at radius 2 is 2.00 bits per heavy atom. The molecule has 0 aliphatic carbocycles. The number of hydrogen-bond acceptors (Lipinski definition) is 1. The molecular weight excluding hydrogens is 287 g/mol. The van der Waals surface area contributed by atoms with Gasteiger partial charge in [0, 0.05) is 11.6 Å². The van der Waals surface area contributed by atoms with Crippen molar-refractivity contribution < 1.29 is 0 Å². The van der Waals surface area contributed by atoms with Gasteiger partial charge in [-0.3, -0.25) is 0 Å². The smallest absolute Gasteiger partial charge is 0.0873 e. The average Bonchev–Trinajstić information content (AvgIpc) is 2.61. The van der Waals surface area contributed by atoms with Gasteiger partial charge in [0.05, 0.1) is 15.3 Å². The number of hydrogen-bond donors (Lipinski definition) is 0. The van der Waals surface area contributed by atoms with Gasteiger partial charge in [0.25, 0.3) is 0 Å². The summed E-state index contributed by atoms with van der Waals surface area (Å²) in [5.41, 5.74) is 1.20. The number of aromatic nitrogens is 2. The van der Waals surface area contributed by atoms with Crippen LogP contribution in [0.4, 0.5) is 0 Å². The molecule has 0 atom stereocenters. The molecule has 3 aromatic rings. The highest BCUT2D eigenvalue weighted by Crippen LogP contribution is 2.23. The van der Waals surface area contributed by atoms with Gasteiger partial charge in [0.1, 0.15) is 0 Å². The first-order valence-corrected chi connectivity index (χ1v) is 5.45. The van der Waals surface area contributed by atoms with Crippen molar-refractivity contribution in [2.45, 2.75) is 0 Å². The number of fused-ring (bicyclic) bond motifs is 3. The first-order chi connectivity index (χ1) is 6.86. The third-order valence-corrected chi connectivity index (χ3v) is 3.15. The first kappa shape index (κ1) is 8.23. The summed E-state index contributed by atoms with van der Waals surface area (Å²) >= 11 is 2.32. The molecule has 0 spiro atoms. The Morgan fingerprint density at radius 3 is 2.93 bits per heavy atom. The highest BCUT2D eigenvalue weighted by atomic mass is 127. The summed E-state index contributed by atoms with van der Waals surface area (Å²) in [6, 6.07) is 10.5. The molecule has 0 N–H and O–H groups in total. The van der Waals surface area contributed by atoms with Crippen molar-refractivity contribution >= 4 is 38.9 Å². The molecule has 3 heteroatoms. The lowest BCUT2D eigenvalue weighted by Crippen LogP contribution is -1.86. The van der Waals surface area contributed by atoms with E-state index in [-0.39, 0.29) is 0 Å². The lowest BCUT2D eigenvalue weighted by molar-refractivity contribution is 0.967. The maximum Gasteiger partial charge on any atom is 0.0873 e. The van der Waals surface area contributed by atoms with Gasteiger partial charge < -0.3 is 0 Å². The van der Waals surface area contributed by atoms with E-state index in [1.54, 1.807) is 0 Å². The minimum atomic E-state index is 1.19. The Labute approximate surface area is 94.7 Å². The van der Waals surface area contributed by atoms with Crippen LogP contribution in [0.1, 0.15) is 0 Å². The fourth-order valence-corrected chi connectivity index (χ4v) is 2.38. The Bertz CT molecular complexity index is 613. The van der Waals surface area contributed by atoms with Gasteiger partial charge in [-0.05, 0) is 34.0 Å². The second kappa shape index (κ2) is 2.95. The number of benzene rings is 1. The minimum absolute atomic E-state index is 1.19. The normalized spacial score (nSPS) is 11.2. The van der Waals surface area contributed by atoms with E-state index in [4.69, 9.17) is 0 Å². The van der Waals surface area contributed by atoms with Crippen LogP contribution in [-0.4, -0.2) is 9.61 Å². The predicted molar refractivity (Wildman–Crippen MR) is 65.4 cm³/mol. The van der Waals surface area contributed by atoms with Crippen LogP contribution in [0.2, 0.25) is 0 Å². The summed E-state index contributed by atoms with van der Waals surface area (Å²) in [6.07, 6.45) is 3.89. The third-order valence-electron chi connectivity index (χ3n) is 2.36. The molecule has 2 nitrogen and oxygen atoms in total. The summed E-state index contributed by atoms with van der Waals surface area (Å²) in [5, 5.41) is 6.80. The van der Waals surface area contributed by atoms with Crippen LogP contribution in [-0.2, 0) is 0 Å². The van der Waals surface area contributed by atoms with Crippen molar-refractivity contribution in [3.05, 3.63) is 46.3 Å². The van der Waals surface area contributed by atoms with Gasteiger partial charge in [0.15, 0.2) is 0 Å². The number of pyridine rings is 1. The molecule has 0 aliphatic heterocycles. The lowest BCUT2D eigenvalue weighted by atomic mass is 10.1. The standard InChI is InChI=1S/C11H7IN2/c12-10-7-13-14-6-5-8-3-1-2-4-9(8)11(10)14/h1-7H. The van der Waals surface area contributed by atoms with Crippen LogP contribution in [0, 0.1) is 3.57 Å². The largest absolute Gasteiger partial charge is 0.239 e. The SMILES string of the molecule is Ic1cnn2ccc3ccccc3c12. The van der Waals surface area contributed by atoms with Crippen LogP contribution >= 0.6 is 22.6 Å². The Hall–Kier alpha value is -1.10. The zero-order valence-electron chi connectivity index (χ0n) is 7.31. The Kier molecular flexibility index (Phi) is 1.73. The van der Waals surface area contributed by atoms with Crippen LogP contribution < -0.4 is 0 Å². The molecule has 0 fully saturated rings. The fraction of sp³-hybridized carbons (Fsp3) is 0. The topological polar surface area (TPSA) is 17.3 Å². The van der Waals surface area contributed by atoms with Gasteiger partial charge in [-0.25, -0.2) is 4.52 Å². The van der Waals surface area contributed by atoms with Crippen molar-refractivity contribution in [1.29, 1.82) is 0 Å². The molecule has 3 rings (SSSR count). The van der Waals surface area contributed by atoms with Crippen molar-refractivity contribution in [2.75, 3.05) is 0 Å². The number of halogens is 1. The van der Waals surface area contributed by atoms with Crippen molar-refractivity contribution in [3.63, 3.8) is 0 Å². The second-order valence-corrected chi connectivity index (χ2v) is 4.35. The monoisotopic (exact) mass is 294 g/mol. The molecule has 68 valence electrons. The molecule has 0 saturated heterocycles. The maximum absolute atomic E-state index is 4.28. The van der Waals surface area contributed by atoms with Crippen LogP contribution in [0.3, 0.4) is 0 Å². The number of nitrogens with zero attached hydrogens (tertiary/aromatic N) is 2. The van der Waals surface area contributed by atoms with E-state index in [1.165, 1.54) is 19.9 Å². The van der Waals surface area contributed by atoms with Crippen molar-refractivity contribution in [3.8, 4) is 0 Å². The molecule has 0 unspecified atom stereocenters. The summed E-state index contributed by atoms with van der Waals surface area (Å²) in [6.45, 7) is 0. The fourth-order valence-electron chi connectivity index (χ4n) is 1.72. The quantitative estimate of drug-likeness (QED) is 0.582. The van der Waals surface area contributed by atoms with Gasteiger partial charge >= 0.3 is 0 Å². The zero-order valence-corrected chi connectivity index (χ0v) is 9.47. The molecule has 0 amide bonds. The van der Waals surface area contributed by atoms with Gasteiger partial charge in [-0.1, -0.05) is 24.3 Å². The highest BCUT2D eigenvalue weighted by molar-refractivity contribution is 14.1. The highest BCUT2D eigenvalue weighted by Gasteiger charge is 2.04. The Morgan fingerprint density at radius 1 is 1.14 bits per heavy atom. The van der Waals surface area contributed by atoms with E-state index >= 15 is 0 Å². The molecule has 0 radical (unpaired) electrons. The van der Waals surface area contributed by atoms with Crippen LogP contribution in [0.15, 0.2) is 42.7 Å².